The molecule has 0 unspecified atom stereocenters. The standard InChI is InChI=1S/C22H23Cl2NO/c1-22(2)18(13-19(23)24)20(22)21(26)25(14-16-9-5-3-6-10-16)15-17-11-7-4-8-12-17/h3-13,18,20H,14-15H2,1-2H3/t18-,20-/m1/s1. The fraction of sp³-hybridized carbons (Fsp3) is 0.318. The third kappa shape index (κ3) is 4.31. The normalized spacial score (nSPS) is 20.3. The summed E-state index contributed by atoms with van der Waals surface area (Å²) in [5.41, 5.74) is 2.12. The third-order valence-corrected chi connectivity index (χ3v) is 5.48. The van der Waals surface area contributed by atoms with Crippen LogP contribution in [-0.4, -0.2) is 10.8 Å². The first-order valence-corrected chi connectivity index (χ1v) is 9.54. The Kier molecular flexibility index (Phi) is 5.74. The van der Waals surface area contributed by atoms with Crippen molar-refractivity contribution in [3.05, 3.63) is 82.4 Å². The van der Waals surface area contributed by atoms with E-state index in [0.717, 1.165) is 11.1 Å². The number of nitrogens with zero attached hydrogens (tertiary/aromatic N) is 1. The summed E-state index contributed by atoms with van der Waals surface area (Å²) < 4.78 is 0.232. The predicted octanol–water partition coefficient (Wildman–Crippen LogP) is 5.81. The molecule has 2 nitrogen and oxygen atoms in total. The highest BCUT2D eigenvalue weighted by Gasteiger charge is 2.61. The molecule has 1 aliphatic carbocycles. The quantitative estimate of drug-likeness (QED) is 0.612. The van der Waals surface area contributed by atoms with Gasteiger partial charge in [-0.2, -0.15) is 0 Å². The molecule has 2 aromatic rings. The van der Waals surface area contributed by atoms with E-state index in [1.165, 1.54) is 0 Å². The second kappa shape index (κ2) is 7.85. The lowest BCUT2D eigenvalue weighted by Crippen LogP contribution is -2.32. The van der Waals surface area contributed by atoms with Crippen molar-refractivity contribution in [3.63, 3.8) is 0 Å². The Hall–Kier alpha value is -1.77. The van der Waals surface area contributed by atoms with Crippen molar-refractivity contribution in [2.45, 2.75) is 26.9 Å². The van der Waals surface area contributed by atoms with E-state index in [-0.39, 0.29) is 27.6 Å². The zero-order valence-electron chi connectivity index (χ0n) is 15.0. The number of carbonyl (C=O) groups excluding carboxylic acids is 1. The largest absolute Gasteiger partial charge is 0.334 e. The van der Waals surface area contributed by atoms with Gasteiger partial charge < -0.3 is 4.90 Å². The van der Waals surface area contributed by atoms with Gasteiger partial charge in [0, 0.05) is 13.1 Å². The molecule has 0 aliphatic heterocycles. The van der Waals surface area contributed by atoms with Crippen molar-refractivity contribution in [1.29, 1.82) is 0 Å². The Labute approximate surface area is 165 Å². The van der Waals surface area contributed by atoms with Gasteiger partial charge in [-0.1, -0.05) is 97.7 Å². The maximum absolute atomic E-state index is 13.3. The average Bonchev–Trinajstić information content (AvgIpc) is 3.15. The lowest BCUT2D eigenvalue weighted by molar-refractivity contribution is -0.134. The fourth-order valence-corrected chi connectivity index (χ4v) is 3.88. The Morgan fingerprint density at radius 1 is 0.962 bits per heavy atom. The second-order valence-electron chi connectivity index (χ2n) is 7.45. The molecular formula is C22H23Cl2NO. The van der Waals surface area contributed by atoms with Crippen LogP contribution in [0.4, 0.5) is 0 Å². The van der Waals surface area contributed by atoms with Crippen LogP contribution >= 0.6 is 23.2 Å². The molecule has 0 N–H and O–H groups in total. The molecule has 0 bridgehead atoms. The minimum atomic E-state index is -0.127. The van der Waals surface area contributed by atoms with E-state index in [0.29, 0.717) is 13.1 Å². The molecule has 26 heavy (non-hydrogen) atoms. The molecule has 1 fully saturated rings. The van der Waals surface area contributed by atoms with Gasteiger partial charge in [0.15, 0.2) is 0 Å². The molecule has 0 aromatic heterocycles. The highest BCUT2D eigenvalue weighted by atomic mass is 35.5. The SMILES string of the molecule is CC1(C)[C@H](C=C(Cl)Cl)[C@@H]1C(=O)N(Cc1ccccc1)Cc1ccccc1. The van der Waals surface area contributed by atoms with Crippen LogP contribution in [-0.2, 0) is 17.9 Å². The first kappa shape index (κ1) is 19.0. The van der Waals surface area contributed by atoms with Gasteiger partial charge in [0.2, 0.25) is 5.91 Å². The number of rotatable bonds is 6. The van der Waals surface area contributed by atoms with Crippen LogP contribution in [0.2, 0.25) is 0 Å². The summed E-state index contributed by atoms with van der Waals surface area (Å²) in [4.78, 5) is 15.3. The van der Waals surface area contributed by atoms with Gasteiger partial charge in [0.05, 0.1) is 5.92 Å². The summed E-state index contributed by atoms with van der Waals surface area (Å²) in [6.07, 6.45) is 1.80. The number of halogens is 2. The smallest absolute Gasteiger partial charge is 0.227 e. The van der Waals surface area contributed by atoms with E-state index in [4.69, 9.17) is 23.2 Å². The van der Waals surface area contributed by atoms with Crippen LogP contribution in [0.15, 0.2) is 71.2 Å². The van der Waals surface area contributed by atoms with Crippen LogP contribution in [0.3, 0.4) is 0 Å². The number of amides is 1. The Bertz CT molecular complexity index is 741. The van der Waals surface area contributed by atoms with Gasteiger partial charge in [0.1, 0.15) is 4.49 Å². The van der Waals surface area contributed by atoms with Gasteiger partial charge in [0.25, 0.3) is 0 Å². The summed E-state index contributed by atoms with van der Waals surface area (Å²) in [6, 6.07) is 20.2. The molecule has 1 aliphatic rings. The molecular weight excluding hydrogens is 365 g/mol. The Morgan fingerprint density at radius 2 is 1.42 bits per heavy atom. The van der Waals surface area contributed by atoms with Gasteiger partial charge >= 0.3 is 0 Å². The van der Waals surface area contributed by atoms with Crippen LogP contribution in [0.5, 0.6) is 0 Å². The number of hydrogen-bond donors (Lipinski definition) is 0. The maximum Gasteiger partial charge on any atom is 0.227 e. The van der Waals surface area contributed by atoms with Gasteiger partial charge in [-0.15, -0.1) is 0 Å². The van der Waals surface area contributed by atoms with E-state index in [2.05, 4.69) is 38.1 Å². The maximum atomic E-state index is 13.3. The molecule has 136 valence electrons. The lowest BCUT2D eigenvalue weighted by atomic mass is 10.1. The molecule has 0 radical (unpaired) electrons. The zero-order valence-corrected chi connectivity index (χ0v) is 16.5. The summed E-state index contributed by atoms with van der Waals surface area (Å²) in [5, 5.41) is 0. The lowest BCUT2D eigenvalue weighted by Gasteiger charge is -2.24. The first-order chi connectivity index (χ1) is 12.4. The second-order valence-corrected chi connectivity index (χ2v) is 8.45. The van der Waals surface area contributed by atoms with Crippen molar-refractivity contribution >= 4 is 29.1 Å². The fourth-order valence-electron chi connectivity index (χ4n) is 3.61. The van der Waals surface area contributed by atoms with Gasteiger partial charge in [-0.05, 0) is 28.5 Å². The van der Waals surface area contributed by atoms with E-state index in [1.807, 2.05) is 41.3 Å². The number of carbonyl (C=O) groups is 1. The molecule has 1 saturated carbocycles. The van der Waals surface area contributed by atoms with Crippen molar-refractivity contribution in [2.24, 2.45) is 17.3 Å². The zero-order chi connectivity index (χ0) is 18.7. The minimum absolute atomic E-state index is 0.0778. The summed E-state index contributed by atoms with van der Waals surface area (Å²) in [7, 11) is 0. The Balaban J connectivity index is 1.83. The molecule has 2 aromatic carbocycles. The molecule has 1 amide bonds. The molecule has 4 heteroatoms. The molecule has 0 spiro atoms. The van der Waals surface area contributed by atoms with Crippen LogP contribution < -0.4 is 0 Å². The number of allylic oxidation sites excluding steroid dienone is 1. The predicted molar refractivity (Wildman–Crippen MR) is 108 cm³/mol. The minimum Gasteiger partial charge on any atom is -0.334 e. The molecule has 3 rings (SSSR count). The first-order valence-electron chi connectivity index (χ1n) is 8.79. The van der Waals surface area contributed by atoms with Gasteiger partial charge in [-0.3, -0.25) is 4.79 Å². The van der Waals surface area contributed by atoms with Crippen molar-refractivity contribution in [1.82, 2.24) is 4.90 Å². The van der Waals surface area contributed by atoms with E-state index >= 15 is 0 Å². The monoisotopic (exact) mass is 387 g/mol. The van der Waals surface area contributed by atoms with Crippen LogP contribution in [0.1, 0.15) is 25.0 Å². The van der Waals surface area contributed by atoms with Crippen LogP contribution in [0, 0.1) is 17.3 Å². The molecule has 0 heterocycles. The number of hydrogen-bond acceptors (Lipinski definition) is 1. The van der Waals surface area contributed by atoms with E-state index < -0.39 is 0 Å². The molecule has 2 atom stereocenters. The van der Waals surface area contributed by atoms with Gasteiger partial charge in [-0.25, -0.2) is 0 Å². The summed E-state index contributed by atoms with van der Waals surface area (Å²) in [5.74, 6) is 0.134. The number of benzene rings is 2. The Morgan fingerprint density at radius 3 is 1.85 bits per heavy atom. The third-order valence-electron chi connectivity index (χ3n) is 5.23. The topological polar surface area (TPSA) is 20.3 Å². The summed E-state index contributed by atoms with van der Waals surface area (Å²) in [6.45, 7) is 5.37. The van der Waals surface area contributed by atoms with Crippen LogP contribution in [0.25, 0.3) is 0 Å². The summed E-state index contributed by atoms with van der Waals surface area (Å²) >= 11 is 11.7. The van der Waals surface area contributed by atoms with Crippen molar-refractivity contribution in [2.75, 3.05) is 0 Å². The van der Waals surface area contributed by atoms with E-state index in [9.17, 15) is 4.79 Å². The average molecular weight is 388 g/mol. The highest BCUT2D eigenvalue weighted by molar-refractivity contribution is 6.55. The van der Waals surface area contributed by atoms with Crippen molar-refractivity contribution < 1.29 is 4.79 Å². The highest BCUT2D eigenvalue weighted by Crippen LogP contribution is 2.60. The van der Waals surface area contributed by atoms with Crippen molar-refractivity contribution in [3.8, 4) is 0 Å². The van der Waals surface area contributed by atoms with E-state index in [1.54, 1.807) is 6.08 Å². The molecule has 0 saturated heterocycles.